The third-order valence-electron chi connectivity index (χ3n) is 3.87. The molecule has 1 aliphatic carbocycles. The number of imidazole rings is 1. The molecule has 2 atom stereocenters. The third kappa shape index (κ3) is 2.07. The lowest BCUT2D eigenvalue weighted by molar-refractivity contribution is -0.146. The second-order valence-corrected chi connectivity index (χ2v) is 4.77. The Bertz CT molecular complexity index is 416. The smallest absolute Gasteiger partial charge is 0.323 e. The molecule has 0 saturated heterocycles. The van der Waals surface area contributed by atoms with Crippen LogP contribution >= 0.6 is 0 Å². The molecule has 94 valence electrons. The van der Waals surface area contributed by atoms with Crippen molar-refractivity contribution in [3.8, 4) is 0 Å². The zero-order valence-corrected chi connectivity index (χ0v) is 10.3. The van der Waals surface area contributed by atoms with Crippen LogP contribution in [-0.4, -0.2) is 33.2 Å². The summed E-state index contributed by atoms with van der Waals surface area (Å²) in [4.78, 5) is 15.6. The van der Waals surface area contributed by atoms with Crippen LogP contribution in [0.25, 0.3) is 0 Å². The van der Waals surface area contributed by atoms with E-state index in [2.05, 4.69) is 14.9 Å². The van der Waals surface area contributed by atoms with Gasteiger partial charge in [0.25, 0.3) is 0 Å². The van der Waals surface area contributed by atoms with Crippen LogP contribution in [0.3, 0.4) is 0 Å². The minimum Gasteiger partial charge on any atom is -0.480 e. The van der Waals surface area contributed by atoms with Crippen molar-refractivity contribution in [1.29, 1.82) is 0 Å². The van der Waals surface area contributed by atoms with E-state index in [0.29, 0.717) is 12.8 Å². The number of rotatable bonds is 3. The van der Waals surface area contributed by atoms with E-state index in [-0.39, 0.29) is 6.04 Å². The maximum Gasteiger partial charge on any atom is 0.323 e. The number of nitrogens with zero attached hydrogens (tertiary/aromatic N) is 2. The Morgan fingerprint density at radius 1 is 1.71 bits per heavy atom. The molecule has 0 aliphatic heterocycles. The first kappa shape index (κ1) is 12.1. The van der Waals surface area contributed by atoms with Crippen LogP contribution in [0, 0.1) is 6.92 Å². The van der Waals surface area contributed by atoms with E-state index in [1.54, 1.807) is 13.2 Å². The lowest BCUT2D eigenvalue weighted by Crippen LogP contribution is -2.53. The number of carboxylic acid groups (broad SMARTS) is 1. The fourth-order valence-electron chi connectivity index (χ4n) is 2.78. The maximum atomic E-state index is 11.4. The van der Waals surface area contributed by atoms with Crippen molar-refractivity contribution in [2.75, 3.05) is 7.05 Å². The Morgan fingerprint density at radius 3 is 3.00 bits per heavy atom. The Labute approximate surface area is 101 Å². The molecule has 5 heteroatoms. The molecular formula is C12H19N3O2. The van der Waals surface area contributed by atoms with E-state index < -0.39 is 11.5 Å². The van der Waals surface area contributed by atoms with Gasteiger partial charge in [-0.3, -0.25) is 4.79 Å². The quantitative estimate of drug-likeness (QED) is 0.832. The fraction of sp³-hybridized carbons (Fsp3) is 0.667. The number of likely N-dealkylation sites (N-methyl/N-ethyl adjacent to an activating group) is 1. The van der Waals surface area contributed by atoms with Crippen molar-refractivity contribution < 1.29 is 9.90 Å². The Kier molecular flexibility index (Phi) is 3.19. The van der Waals surface area contributed by atoms with E-state index in [1.807, 2.05) is 13.1 Å². The summed E-state index contributed by atoms with van der Waals surface area (Å²) >= 11 is 0. The van der Waals surface area contributed by atoms with Crippen LogP contribution in [0.5, 0.6) is 0 Å². The molecule has 1 fully saturated rings. The van der Waals surface area contributed by atoms with Gasteiger partial charge in [-0.05, 0) is 39.7 Å². The SMILES string of the molecule is CNC1(C(=O)O)CCCC(n2ccnc2C)C1. The van der Waals surface area contributed by atoms with Gasteiger partial charge >= 0.3 is 5.97 Å². The van der Waals surface area contributed by atoms with E-state index >= 15 is 0 Å². The molecule has 0 aromatic carbocycles. The highest BCUT2D eigenvalue weighted by atomic mass is 16.4. The highest BCUT2D eigenvalue weighted by Gasteiger charge is 2.42. The summed E-state index contributed by atoms with van der Waals surface area (Å²) in [5.74, 6) is 0.203. The molecule has 17 heavy (non-hydrogen) atoms. The zero-order chi connectivity index (χ0) is 12.5. The Hall–Kier alpha value is -1.36. The van der Waals surface area contributed by atoms with Crippen LogP contribution < -0.4 is 5.32 Å². The van der Waals surface area contributed by atoms with Gasteiger partial charge in [0.1, 0.15) is 11.4 Å². The number of hydrogen-bond acceptors (Lipinski definition) is 3. The summed E-state index contributed by atoms with van der Waals surface area (Å²) in [5.41, 5.74) is -0.778. The van der Waals surface area contributed by atoms with E-state index in [9.17, 15) is 9.90 Å². The molecule has 5 nitrogen and oxygen atoms in total. The average molecular weight is 237 g/mol. The van der Waals surface area contributed by atoms with Gasteiger partial charge in [0.05, 0.1) is 0 Å². The minimum atomic E-state index is -0.778. The molecule has 1 saturated carbocycles. The predicted molar refractivity (Wildman–Crippen MR) is 63.9 cm³/mol. The van der Waals surface area contributed by atoms with Gasteiger partial charge < -0.3 is 15.0 Å². The van der Waals surface area contributed by atoms with Crippen molar-refractivity contribution in [1.82, 2.24) is 14.9 Å². The zero-order valence-electron chi connectivity index (χ0n) is 10.3. The Morgan fingerprint density at radius 2 is 2.47 bits per heavy atom. The summed E-state index contributed by atoms with van der Waals surface area (Å²) < 4.78 is 2.09. The molecular weight excluding hydrogens is 218 g/mol. The van der Waals surface area contributed by atoms with Gasteiger partial charge in [0.2, 0.25) is 0 Å². The fourth-order valence-corrected chi connectivity index (χ4v) is 2.78. The summed E-state index contributed by atoms with van der Waals surface area (Å²) in [6, 6.07) is 0.231. The summed E-state index contributed by atoms with van der Waals surface area (Å²) in [6.45, 7) is 1.95. The predicted octanol–water partition coefficient (Wildman–Crippen LogP) is 1.35. The number of hydrogen-bond donors (Lipinski definition) is 2. The largest absolute Gasteiger partial charge is 0.480 e. The summed E-state index contributed by atoms with van der Waals surface area (Å²) in [6.07, 6.45) is 6.97. The van der Waals surface area contributed by atoms with Gasteiger partial charge in [-0.15, -0.1) is 0 Å². The molecule has 1 aromatic heterocycles. The number of nitrogens with one attached hydrogen (secondary N) is 1. The van der Waals surface area contributed by atoms with E-state index in [4.69, 9.17) is 0 Å². The minimum absolute atomic E-state index is 0.231. The molecule has 0 amide bonds. The molecule has 1 aliphatic rings. The second kappa shape index (κ2) is 4.49. The molecule has 1 heterocycles. The van der Waals surface area contributed by atoms with Crippen LogP contribution in [0.1, 0.15) is 37.5 Å². The normalized spacial score (nSPS) is 29.2. The molecule has 0 spiro atoms. The molecule has 2 N–H and O–H groups in total. The van der Waals surface area contributed by atoms with E-state index in [0.717, 1.165) is 18.7 Å². The van der Waals surface area contributed by atoms with Crippen molar-refractivity contribution in [3.05, 3.63) is 18.2 Å². The molecule has 2 unspecified atom stereocenters. The molecule has 0 bridgehead atoms. The van der Waals surface area contributed by atoms with Crippen molar-refractivity contribution in [3.63, 3.8) is 0 Å². The standard InChI is InChI=1S/C12H19N3O2/c1-9-14-6-7-15(9)10-4-3-5-12(8-10,13-2)11(16)17/h6-7,10,13H,3-5,8H2,1-2H3,(H,16,17). The molecule has 1 aromatic rings. The van der Waals surface area contributed by atoms with Crippen molar-refractivity contribution in [2.24, 2.45) is 0 Å². The van der Waals surface area contributed by atoms with Gasteiger partial charge in [0.15, 0.2) is 0 Å². The first-order chi connectivity index (χ1) is 8.09. The van der Waals surface area contributed by atoms with Crippen LogP contribution in [-0.2, 0) is 4.79 Å². The monoisotopic (exact) mass is 237 g/mol. The van der Waals surface area contributed by atoms with Crippen molar-refractivity contribution >= 4 is 5.97 Å². The number of aliphatic carboxylic acids is 1. The first-order valence-electron chi connectivity index (χ1n) is 6.01. The van der Waals surface area contributed by atoms with Gasteiger partial charge in [-0.1, -0.05) is 0 Å². The highest BCUT2D eigenvalue weighted by Crippen LogP contribution is 2.36. The number of carboxylic acids is 1. The lowest BCUT2D eigenvalue weighted by atomic mass is 9.79. The summed E-state index contributed by atoms with van der Waals surface area (Å²) in [5, 5.41) is 12.4. The van der Waals surface area contributed by atoms with Crippen LogP contribution in [0.15, 0.2) is 12.4 Å². The van der Waals surface area contributed by atoms with E-state index in [1.165, 1.54) is 0 Å². The van der Waals surface area contributed by atoms with Gasteiger partial charge in [0, 0.05) is 18.4 Å². The van der Waals surface area contributed by atoms with Crippen molar-refractivity contribution in [2.45, 2.75) is 44.2 Å². The number of aryl methyl sites for hydroxylation is 1. The molecule has 2 rings (SSSR count). The van der Waals surface area contributed by atoms with Crippen LogP contribution in [0.4, 0.5) is 0 Å². The van der Waals surface area contributed by atoms with Crippen LogP contribution in [0.2, 0.25) is 0 Å². The average Bonchev–Trinajstić information content (AvgIpc) is 2.75. The topological polar surface area (TPSA) is 67.2 Å². The van der Waals surface area contributed by atoms with Gasteiger partial charge in [-0.2, -0.15) is 0 Å². The lowest BCUT2D eigenvalue weighted by Gasteiger charge is -2.38. The Balaban J connectivity index is 2.23. The molecule has 0 radical (unpaired) electrons. The number of carbonyl (C=O) groups is 1. The maximum absolute atomic E-state index is 11.4. The first-order valence-corrected chi connectivity index (χ1v) is 6.01. The summed E-state index contributed by atoms with van der Waals surface area (Å²) in [7, 11) is 1.73. The second-order valence-electron chi connectivity index (χ2n) is 4.77. The highest BCUT2D eigenvalue weighted by molar-refractivity contribution is 5.79. The number of aromatic nitrogens is 2. The van der Waals surface area contributed by atoms with Gasteiger partial charge in [-0.25, -0.2) is 4.98 Å². The third-order valence-corrected chi connectivity index (χ3v) is 3.87.